The molecule has 0 saturated heterocycles. The lowest BCUT2D eigenvalue weighted by molar-refractivity contribution is 0.281. The Labute approximate surface area is 101 Å². The summed E-state index contributed by atoms with van der Waals surface area (Å²) in [5.74, 6) is 0. The molecule has 1 aromatic rings. The number of aliphatic hydroxyl groups excluding tert-OH is 1. The van der Waals surface area contributed by atoms with Gasteiger partial charge in [0.1, 0.15) is 0 Å². The van der Waals surface area contributed by atoms with Crippen molar-refractivity contribution in [3.05, 3.63) is 26.6 Å². The van der Waals surface area contributed by atoms with Gasteiger partial charge >= 0.3 is 0 Å². The van der Waals surface area contributed by atoms with Crippen molar-refractivity contribution >= 4 is 37.5 Å². The number of hydrogen-bond acceptors (Lipinski definition) is 2. The van der Waals surface area contributed by atoms with Gasteiger partial charge in [-0.3, -0.25) is 0 Å². The Hall–Kier alpha value is -0.0600. The zero-order chi connectivity index (χ0) is 10.7. The molecular weight excluding hydrogens is 310 g/mol. The van der Waals surface area contributed by atoms with Crippen LogP contribution >= 0.6 is 31.9 Å². The molecule has 0 aliphatic heterocycles. The lowest BCUT2D eigenvalue weighted by Crippen LogP contribution is -2.19. The second kappa shape index (κ2) is 5.14. The second-order valence-electron chi connectivity index (χ2n) is 3.33. The Morgan fingerprint density at radius 3 is 2.29 bits per heavy atom. The summed E-state index contributed by atoms with van der Waals surface area (Å²) in [6.45, 7) is 4.08. The highest BCUT2D eigenvalue weighted by atomic mass is 79.9. The monoisotopic (exact) mass is 321 g/mol. The van der Waals surface area contributed by atoms with Gasteiger partial charge in [0.05, 0.1) is 12.3 Å². The number of aryl methyl sites for hydroxylation is 1. The van der Waals surface area contributed by atoms with E-state index in [1.54, 1.807) is 0 Å². The average Bonchev–Trinajstić information content (AvgIpc) is 2.10. The molecule has 0 aliphatic rings. The number of halogens is 2. The minimum Gasteiger partial charge on any atom is -0.394 e. The topological polar surface area (TPSA) is 32.3 Å². The molecule has 1 rings (SSSR count). The van der Waals surface area contributed by atoms with Gasteiger partial charge in [-0.25, -0.2) is 0 Å². The first kappa shape index (κ1) is 12.0. The number of aliphatic hydroxyl groups is 1. The van der Waals surface area contributed by atoms with Crippen LogP contribution in [-0.4, -0.2) is 17.8 Å². The van der Waals surface area contributed by atoms with E-state index in [4.69, 9.17) is 5.11 Å². The normalized spacial score (nSPS) is 12.6. The first-order valence-electron chi connectivity index (χ1n) is 4.37. The molecule has 1 unspecified atom stereocenters. The van der Waals surface area contributed by atoms with E-state index in [1.807, 2.05) is 26.0 Å². The number of anilines is 1. The fraction of sp³-hybridized carbons (Fsp3) is 0.400. The highest BCUT2D eigenvalue weighted by Gasteiger charge is 2.08. The van der Waals surface area contributed by atoms with Gasteiger partial charge in [0.15, 0.2) is 0 Å². The molecule has 78 valence electrons. The molecule has 0 amide bonds. The van der Waals surface area contributed by atoms with Gasteiger partial charge in [0.2, 0.25) is 0 Å². The molecule has 0 bridgehead atoms. The van der Waals surface area contributed by atoms with E-state index in [0.717, 1.165) is 14.6 Å². The highest BCUT2D eigenvalue weighted by molar-refractivity contribution is 9.11. The Morgan fingerprint density at radius 2 is 1.86 bits per heavy atom. The van der Waals surface area contributed by atoms with Gasteiger partial charge in [0, 0.05) is 15.0 Å². The van der Waals surface area contributed by atoms with Crippen molar-refractivity contribution in [1.29, 1.82) is 0 Å². The number of benzene rings is 1. The molecule has 0 heterocycles. The van der Waals surface area contributed by atoms with Crippen LogP contribution in [0.2, 0.25) is 0 Å². The van der Waals surface area contributed by atoms with Crippen molar-refractivity contribution in [3.8, 4) is 0 Å². The summed E-state index contributed by atoms with van der Waals surface area (Å²) in [5.41, 5.74) is 2.17. The fourth-order valence-electron chi connectivity index (χ4n) is 1.13. The van der Waals surface area contributed by atoms with Gasteiger partial charge < -0.3 is 10.4 Å². The standard InChI is InChI=1S/C10H13Br2NO/c1-6-3-8(11)10(9(12)4-6)13-7(2)5-14/h3-4,7,13-14H,5H2,1-2H3. The van der Waals surface area contributed by atoms with E-state index in [1.165, 1.54) is 5.56 Å². The van der Waals surface area contributed by atoms with Crippen LogP contribution in [0.4, 0.5) is 5.69 Å². The predicted octanol–water partition coefficient (Wildman–Crippen LogP) is 3.31. The predicted molar refractivity (Wildman–Crippen MR) is 66.7 cm³/mol. The van der Waals surface area contributed by atoms with Crippen LogP contribution in [-0.2, 0) is 0 Å². The SMILES string of the molecule is Cc1cc(Br)c(NC(C)CO)c(Br)c1. The summed E-state index contributed by atoms with van der Waals surface area (Å²) in [5, 5.41) is 12.2. The zero-order valence-corrected chi connectivity index (χ0v) is 11.3. The first-order valence-corrected chi connectivity index (χ1v) is 5.96. The zero-order valence-electron chi connectivity index (χ0n) is 8.14. The van der Waals surface area contributed by atoms with Crippen LogP contribution < -0.4 is 5.32 Å². The van der Waals surface area contributed by atoms with E-state index in [0.29, 0.717) is 0 Å². The fourth-order valence-corrected chi connectivity index (χ4v) is 2.77. The van der Waals surface area contributed by atoms with E-state index in [2.05, 4.69) is 37.2 Å². The molecule has 0 radical (unpaired) electrons. The summed E-state index contributed by atoms with van der Waals surface area (Å²) in [7, 11) is 0. The third-order valence-corrected chi connectivity index (χ3v) is 3.10. The quantitative estimate of drug-likeness (QED) is 0.894. The van der Waals surface area contributed by atoms with Crippen LogP contribution in [0.25, 0.3) is 0 Å². The minimum absolute atomic E-state index is 0.0466. The molecule has 2 N–H and O–H groups in total. The second-order valence-corrected chi connectivity index (χ2v) is 5.04. The Bertz CT molecular complexity index is 305. The molecule has 1 atom stereocenters. The van der Waals surface area contributed by atoms with Crippen LogP contribution in [0.3, 0.4) is 0 Å². The van der Waals surface area contributed by atoms with Crippen LogP contribution in [0.1, 0.15) is 12.5 Å². The summed E-state index contributed by atoms with van der Waals surface area (Å²) in [4.78, 5) is 0. The van der Waals surface area contributed by atoms with Gasteiger partial charge in [-0.05, 0) is 63.4 Å². The van der Waals surface area contributed by atoms with Crippen LogP contribution in [0, 0.1) is 6.92 Å². The van der Waals surface area contributed by atoms with Crippen molar-refractivity contribution in [1.82, 2.24) is 0 Å². The van der Waals surface area contributed by atoms with Crippen LogP contribution in [0.15, 0.2) is 21.1 Å². The molecule has 0 spiro atoms. The smallest absolute Gasteiger partial charge is 0.0632 e. The average molecular weight is 323 g/mol. The number of nitrogens with one attached hydrogen (secondary N) is 1. The van der Waals surface area contributed by atoms with E-state index < -0.39 is 0 Å². The maximum atomic E-state index is 8.94. The van der Waals surface area contributed by atoms with Crippen molar-refractivity contribution in [3.63, 3.8) is 0 Å². The van der Waals surface area contributed by atoms with Gasteiger partial charge in [-0.2, -0.15) is 0 Å². The van der Waals surface area contributed by atoms with E-state index in [-0.39, 0.29) is 12.6 Å². The molecule has 0 fully saturated rings. The Morgan fingerprint density at radius 1 is 1.36 bits per heavy atom. The lowest BCUT2D eigenvalue weighted by Gasteiger charge is -2.16. The van der Waals surface area contributed by atoms with Gasteiger partial charge in [-0.15, -0.1) is 0 Å². The first-order chi connectivity index (χ1) is 6.54. The maximum absolute atomic E-state index is 8.94. The number of rotatable bonds is 3. The molecule has 14 heavy (non-hydrogen) atoms. The summed E-state index contributed by atoms with van der Waals surface area (Å²) in [6, 6.07) is 4.12. The highest BCUT2D eigenvalue weighted by Crippen LogP contribution is 2.32. The molecule has 0 aliphatic carbocycles. The van der Waals surface area contributed by atoms with Crippen molar-refractivity contribution in [2.75, 3.05) is 11.9 Å². The summed E-state index contributed by atoms with van der Waals surface area (Å²) in [6.07, 6.45) is 0. The van der Waals surface area contributed by atoms with Crippen molar-refractivity contribution in [2.24, 2.45) is 0 Å². The Balaban J connectivity index is 2.96. The van der Waals surface area contributed by atoms with Crippen molar-refractivity contribution < 1.29 is 5.11 Å². The van der Waals surface area contributed by atoms with Gasteiger partial charge in [0.25, 0.3) is 0 Å². The largest absolute Gasteiger partial charge is 0.394 e. The van der Waals surface area contributed by atoms with Gasteiger partial charge in [-0.1, -0.05) is 0 Å². The maximum Gasteiger partial charge on any atom is 0.0632 e. The van der Waals surface area contributed by atoms with Crippen LogP contribution in [0.5, 0.6) is 0 Å². The molecule has 0 saturated carbocycles. The number of hydrogen-bond donors (Lipinski definition) is 2. The summed E-state index contributed by atoms with van der Waals surface area (Å²) >= 11 is 6.96. The molecule has 1 aromatic carbocycles. The Kier molecular flexibility index (Phi) is 4.41. The lowest BCUT2D eigenvalue weighted by atomic mass is 10.2. The van der Waals surface area contributed by atoms with E-state index >= 15 is 0 Å². The molecular formula is C10H13Br2NO. The third-order valence-electron chi connectivity index (χ3n) is 1.85. The third kappa shape index (κ3) is 2.97. The molecule has 2 nitrogen and oxygen atoms in total. The summed E-state index contributed by atoms with van der Waals surface area (Å²) < 4.78 is 2.01. The van der Waals surface area contributed by atoms with E-state index in [9.17, 15) is 0 Å². The molecule has 4 heteroatoms. The van der Waals surface area contributed by atoms with Crippen molar-refractivity contribution in [2.45, 2.75) is 19.9 Å². The minimum atomic E-state index is 0.0466. The molecule has 0 aromatic heterocycles.